The number of aromatic nitrogens is 3. The Hall–Kier alpha value is -2.79. The summed E-state index contributed by atoms with van der Waals surface area (Å²) in [7, 11) is 0. The number of para-hydroxylation sites is 1. The highest BCUT2D eigenvalue weighted by molar-refractivity contribution is 7.13. The van der Waals surface area contributed by atoms with Crippen molar-refractivity contribution in [3.63, 3.8) is 0 Å². The largest absolute Gasteiger partial charge is 0.269 e. The number of hydrogen-bond donors (Lipinski definition) is 0. The Balaban J connectivity index is 1.92. The van der Waals surface area contributed by atoms with Crippen LogP contribution in [0.4, 0.5) is 0 Å². The lowest BCUT2D eigenvalue weighted by molar-refractivity contribution is 1.00. The minimum absolute atomic E-state index is 0.0784. The number of nitrogens with zero attached hydrogens (tertiary/aromatic N) is 3. The third-order valence-electron chi connectivity index (χ3n) is 3.45. The molecule has 0 spiro atoms. The van der Waals surface area contributed by atoms with Crippen LogP contribution < -0.4 is 5.56 Å². The molecule has 1 aromatic carbocycles. The van der Waals surface area contributed by atoms with Gasteiger partial charge in [-0.2, -0.15) is 0 Å². The van der Waals surface area contributed by atoms with E-state index in [2.05, 4.69) is 9.97 Å². The molecule has 3 aromatic heterocycles. The van der Waals surface area contributed by atoms with E-state index >= 15 is 0 Å². The number of rotatable bonds is 2. The summed E-state index contributed by atoms with van der Waals surface area (Å²) in [5.41, 5.74) is 1.78. The molecule has 0 aliphatic rings. The lowest BCUT2D eigenvalue weighted by Crippen LogP contribution is -2.17. The standard InChI is InChI=1S/C17H11N3OS/c21-16-6-5-12-3-1-2-4-14(12)20(16)15-11-22-17(19-15)13-7-9-18-10-8-13/h1-11H. The topological polar surface area (TPSA) is 47.8 Å². The maximum absolute atomic E-state index is 12.3. The number of benzene rings is 1. The third-order valence-corrected chi connectivity index (χ3v) is 4.33. The van der Waals surface area contributed by atoms with Gasteiger partial charge in [0.1, 0.15) is 5.01 Å². The molecule has 0 unspecified atom stereocenters. The normalized spacial score (nSPS) is 10.9. The van der Waals surface area contributed by atoms with Crippen LogP contribution >= 0.6 is 11.3 Å². The minimum Gasteiger partial charge on any atom is -0.269 e. The first-order valence-electron chi connectivity index (χ1n) is 6.80. The molecule has 4 nitrogen and oxygen atoms in total. The van der Waals surface area contributed by atoms with Crippen molar-refractivity contribution in [1.82, 2.24) is 14.5 Å². The predicted octanol–water partition coefficient (Wildman–Crippen LogP) is 3.51. The molecule has 5 heteroatoms. The van der Waals surface area contributed by atoms with Gasteiger partial charge in [0.05, 0.1) is 5.52 Å². The zero-order valence-corrected chi connectivity index (χ0v) is 12.3. The first kappa shape index (κ1) is 12.9. The molecule has 0 radical (unpaired) electrons. The number of fused-ring (bicyclic) bond motifs is 1. The van der Waals surface area contributed by atoms with E-state index in [9.17, 15) is 4.79 Å². The van der Waals surface area contributed by atoms with Crippen LogP contribution in [-0.4, -0.2) is 14.5 Å². The molecule has 0 N–H and O–H groups in total. The monoisotopic (exact) mass is 305 g/mol. The molecule has 106 valence electrons. The molecule has 0 bridgehead atoms. The van der Waals surface area contributed by atoms with Crippen molar-refractivity contribution < 1.29 is 0 Å². The quantitative estimate of drug-likeness (QED) is 0.569. The van der Waals surface area contributed by atoms with Crippen molar-refractivity contribution in [2.45, 2.75) is 0 Å². The fourth-order valence-corrected chi connectivity index (χ4v) is 3.21. The Kier molecular flexibility index (Phi) is 3.05. The van der Waals surface area contributed by atoms with Gasteiger partial charge >= 0.3 is 0 Å². The van der Waals surface area contributed by atoms with Crippen molar-refractivity contribution in [2.24, 2.45) is 0 Å². The summed E-state index contributed by atoms with van der Waals surface area (Å²) < 4.78 is 1.65. The van der Waals surface area contributed by atoms with Crippen molar-refractivity contribution in [2.75, 3.05) is 0 Å². The van der Waals surface area contributed by atoms with Gasteiger partial charge in [-0.15, -0.1) is 11.3 Å². The molecule has 0 fully saturated rings. The van der Waals surface area contributed by atoms with Crippen LogP contribution in [0, 0.1) is 0 Å². The van der Waals surface area contributed by atoms with Crippen LogP contribution in [0.2, 0.25) is 0 Å². The van der Waals surface area contributed by atoms with Gasteiger partial charge in [-0.3, -0.25) is 14.3 Å². The molecule has 4 aromatic rings. The van der Waals surface area contributed by atoms with Crippen molar-refractivity contribution >= 4 is 22.2 Å². The van der Waals surface area contributed by atoms with Crippen LogP contribution in [0.5, 0.6) is 0 Å². The Bertz CT molecular complexity index is 1010. The van der Waals surface area contributed by atoms with Crippen LogP contribution in [0.25, 0.3) is 27.3 Å². The van der Waals surface area contributed by atoms with Gasteiger partial charge in [-0.05, 0) is 29.7 Å². The van der Waals surface area contributed by atoms with Gasteiger partial charge in [0.25, 0.3) is 5.56 Å². The smallest absolute Gasteiger partial charge is 0.256 e. The molecule has 0 aliphatic carbocycles. The second-order valence-corrected chi connectivity index (χ2v) is 5.67. The second-order valence-electron chi connectivity index (χ2n) is 4.81. The Morgan fingerprint density at radius 3 is 2.64 bits per heavy atom. The SMILES string of the molecule is O=c1ccc2ccccc2n1-c1csc(-c2ccncc2)n1. The molecular weight excluding hydrogens is 294 g/mol. The second kappa shape index (κ2) is 5.20. The number of thiazole rings is 1. The molecule has 0 aliphatic heterocycles. The molecule has 22 heavy (non-hydrogen) atoms. The average Bonchev–Trinajstić information content (AvgIpc) is 3.05. The van der Waals surface area contributed by atoms with Gasteiger partial charge < -0.3 is 0 Å². The van der Waals surface area contributed by atoms with E-state index in [0.29, 0.717) is 5.82 Å². The maximum Gasteiger partial charge on any atom is 0.256 e. The van der Waals surface area contributed by atoms with Gasteiger partial charge in [0, 0.05) is 29.4 Å². The summed E-state index contributed by atoms with van der Waals surface area (Å²) in [6.07, 6.45) is 3.47. The molecule has 0 saturated heterocycles. The van der Waals surface area contributed by atoms with Gasteiger partial charge in [-0.25, -0.2) is 4.98 Å². The molecule has 3 heterocycles. The summed E-state index contributed by atoms with van der Waals surface area (Å²) in [4.78, 5) is 20.9. The van der Waals surface area contributed by atoms with E-state index in [-0.39, 0.29) is 5.56 Å². The van der Waals surface area contributed by atoms with Crippen LogP contribution in [0.1, 0.15) is 0 Å². The molecule has 0 saturated carbocycles. The van der Waals surface area contributed by atoms with E-state index in [4.69, 9.17) is 0 Å². The molecular formula is C17H11N3OS. The van der Waals surface area contributed by atoms with Gasteiger partial charge in [0.15, 0.2) is 5.82 Å². The van der Waals surface area contributed by atoms with E-state index in [0.717, 1.165) is 21.5 Å². The first-order chi connectivity index (χ1) is 10.8. The van der Waals surface area contributed by atoms with Crippen LogP contribution in [0.3, 0.4) is 0 Å². The van der Waals surface area contributed by atoms with E-state index < -0.39 is 0 Å². The zero-order chi connectivity index (χ0) is 14.9. The van der Waals surface area contributed by atoms with Gasteiger partial charge in [0.2, 0.25) is 0 Å². The minimum atomic E-state index is -0.0784. The highest BCUT2D eigenvalue weighted by Gasteiger charge is 2.10. The van der Waals surface area contributed by atoms with Gasteiger partial charge in [-0.1, -0.05) is 18.2 Å². The maximum atomic E-state index is 12.3. The summed E-state index contributed by atoms with van der Waals surface area (Å²) in [6.45, 7) is 0. The average molecular weight is 305 g/mol. The first-order valence-corrected chi connectivity index (χ1v) is 7.68. The van der Waals surface area contributed by atoms with Crippen molar-refractivity contribution in [3.05, 3.63) is 76.7 Å². The number of hydrogen-bond acceptors (Lipinski definition) is 4. The highest BCUT2D eigenvalue weighted by atomic mass is 32.1. The van der Waals surface area contributed by atoms with Crippen molar-refractivity contribution in [3.8, 4) is 16.4 Å². The molecule has 0 amide bonds. The fraction of sp³-hybridized carbons (Fsp3) is 0. The Morgan fingerprint density at radius 1 is 0.955 bits per heavy atom. The number of pyridine rings is 2. The van der Waals surface area contributed by atoms with E-state index in [1.807, 2.05) is 47.8 Å². The summed E-state index contributed by atoms with van der Waals surface area (Å²) in [5.74, 6) is 0.651. The Morgan fingerprint density at radius 2 is 1.77 bits per heavy atom. The zero-order valence-electron chi connectivity index (χ0n) is 11.5. The summed E-state index contributed by atoms with van der Waals surface area (Å²) in [6, 6.07) is 15.0. The lowest BCUT2D eigenvalue weighted by Gasteiger charge is -2.06. The predicted molar refractivity (Wildman–Crippen MR) is 88.4 cm³/mol. The summed E-state index contributed by atoms with van der Waals surface area (Å²) in [5, 5.41) is 3.79. The Labute approximate surface area is 130 Å². The van der Waals surface area contributed by atoms with Crippen LogP contribution in [0.15, 0.2) is 71.1 Å². The molecule has 4 rings (SSSR count). The highest BCUT2D eigenvalue weighted by Crippen LogP contribution is 2.25. The summed E-state index contributed by atoms with van der Waals surface area (Å²) >= 11 is 1.52. The fourth-order valence-electron chi connectivity index (χ4n) is 2.42. The van der Waals surface area contributed by atoms with Crippen LogP contribution in [-0.2, 0) is 0 Å². The van der Waals surface area contributed by atoms with Crippen molar-refractivity contribution in [1.29, 1.82) is 0 Å². The van der Waals surface area contributed by atoms with E-state index in [1.165, 1.54) is 11.3 Å². The third kappa shape index (κ3) is 2.12. The van der Waals surface area contributed by atoms with E-state index in [1.54, 1.807) is 23.0 Å². The molecule has 0 atom stereocenters. The lowest BCUT2D eigenvalue weighted by atomic mass is 10.2.